The van der Waals surface area contributed by atoms with Crippen LogP contribution in [0.1, 0.15) is 37.2 Å². The minimum Gasteiger partial charge on any atom is -0.383 e. The van der Waals surface area contributed by atoms with Crippen LogP contribution in [0.25, 0.3) is 10.9 Å². The maximum absolute atomic E-state index is 6.47. The van der Waals surface area contributed by atoms with Crippen LogP contribution in [0.15, 0.2) is 24.3 Å². The van der Waals surface area contributed by atoms with Crippen LogP contribution in [0.3, 0.4) is 0 Å². The van der Waals surface area contributed by atoms with Crippen molar-refractivity contribution in [3.63, 3.8) is 0 Å². The second-order valence-electron chi connectivity index (χ2n) is 7.59. The van der Waals surface area contributed by atoms with Crippen LogP contribution in [0.5, 0.6) is 0 Å². The topological polar surface area (TPSA) is 102 Å². The van der Waals surface area contributed by atoms with Crippen molar-refractivity contribution in [2.45, 2.75) is 38.8 Å². The molecule has 0 bridgehead atoms. The van der Waals surface area contributed by atoms with Crippen molar-refractivity contribution < 1.29 is 4.74 Å². The fourth-order valence-electron chi connectivity index (χ4n) is 4.04. The van der Waals surface area contributed by atoms with Gasteiger partial charge in [0.25, 0.3) is 0 Å². The summed E-state index contributed by atoms with van der Waals surface area (Å²) in [5.41, 5.74) is 7.64. The molecule has 3 aromatic rings. The lowest BCUT2D eigenvalue weighted by atomic mass is 10.0. The first-order valence-corrected chi connectivity index (χ1v) is 10.4. The number of nitrogens with zero attached hydrogens (tertiary/aromatic N) is 5. The highest BCUT2D eigenvalue weighted by Gasteiger charge is 2.29. The Balaban J connectivity index is 1.78. The summed E-state index contributed by atoms with van der Waals surface area (Å²) < 4.78 is 5.46. The number of anilines is 3. The predicted molar refractivity (Wildman–Crippen MR) is 120 cm³/mol. The number of hydrogen-bond donors (Lipinski definition) is 2. The molecule has 1 aliphatic heterocycles. The Kier molecular flexibility index (Phi) is 5.87. The highest BCUT2D eigenvalue weighted by Crippen LogP contribution is 2.35. The molecular formula is C21H26ClN7O. The fourth-order valence-corrected chi connectivity index (χ4v) is 4.26. The second kappa shape index (κ2) is 8.57. The summed E-state index contributed by atoms with van der Waals surface area (Å²) in [6.07, 6.45) is 2.17. The lowest BCUT2D eigenvalue weighted by Crippen LogP contribution is -2.34. The van der Waals surface area contributed by atoms with Gasteiger partial charge in [-0.15, -0.1) is 0 Å². The van der Waals surface area contributed by atoms with E-state index in [-0.39, 0.29) is 18.0 Å². The molecule has 0 unspecified atom stereocenters. The first-order valence-electron chi connectivity index (χ1n) is 10.1. The third-order valence-electron chi connectivity index (χ3n) is 5.39. The van der Waals surface area contributed by atoms with Crippen LogP contribution in [-0.2, 0) is 4.74 Å². The van der Waals surface area contributed by atoms with E-state index in [1.807, 2.05) is 18.2 Å². The van der Waals surface area contributed by atoms with Gasteiger partial charge in [0.1, 0.15) is 11.6 Å². The number of nitrogens with one attached hydrogen (secondary N) is 1. The monoisotopic (exact) mass is 427 g/mol. The minimum absolute atomic E-state index is 0.110. The van der Waals surface area contributed by atoms with Crippen LogP contribution >= 0.6 is 11.6 Å². The lowest BCUT2D eigenvalue weighted by Gasteiger charge is -2.29. The zero-order valence-corrected chi connectivity index (χ0v) is 18.1. The maximum Gasteiger partial charge on any atom is 0.228 e. The van der Waals surface area contributed by atoms with Gasteiger partial charge in [-0.05, 0) is 38.8 Å². The summed E-state index contributed by atoms with van der Waals surface area (Å²) in [5.74, 6) is 2.12. The number of aromatic nitrogens is 4. The van der Waals surface area contributed by atoms with E-state index in [4.69, 9.17) is 27.1 Å². The third kappa shape index (κ3) is 4.11. The third-order valence-corrected chi connectivity index (χ3v) is 5.69. The van der Waals surface area contributed by atoms with Crippen LogP contribution in [0, 0.1) is 6.92 Å². The Morgan fingerprint density at radius 3 is 2.90 bits per heavy atom. The summed E-state index contributed by atoms with van der Waals surface area (Å²) in [6, 6.07) is 8.14. The van der Waals surface area contributed by atoms with Crippen LogP contribution in [0.4, 0.5) is 17.7 Å². The fraction of sp³-hybridized carbons (Fsp3) is 0.429. The number of benzene rings is 1. The Morgan fingerprint density at radius 2 is 2.13 bits per heavy atom. The molecule has 0 saturated carbocycles. The van der Waals surface area contributed by atoms with E-state index in [9.17, 15) is 0 Å². The molecule has 0 aliphatic carbocycles. The van der Waals surface area contributed by atoms with E-state index in [1.54, 1.807) is 14.0 Å². The van der Waals surface area contributed by atoms with Crippen LogP contribution in [-0.4, -0.2) is 46.2 Å². The number of fused-ring (bicyclic) bond motifs is 1. The summed E-state index contributed by atoms with van der Waals surface area (Å²) >= 11 is 6.47. The smallest absolute Gasteiger partial charge is 0.228 e. The number of pyridine rings is 1. The Bertz CT molecular complexity index is 1040. The van der Waals surface area contributed by atoms with Crippen molar-refractivity contribution in [3.05, 3.63) is 40.7 Å². The van der Waals surface area contributed by atoms with Crippen molar-refractivity contribution in [1.82, 2.24) is 19.9 Å². The van der Waals surface area contributed by atoms with Gasteiger partial charge in [-0.3, -0.25) is 0 Å². The van der Waals surface area contributed by atoms with E-state index in [0.717, 1.165) is 41.7 Å². The normalized spacial score (nSPS) is 17.5. The molecule has 2 atom stereocenters. The van der Waals surface area contributed by atoms with Crippen molar-refractivity contribution >= 4 is 40.2 Å². The van der Waals surface area contributed by atoms with Crippen LogP contribution in [0.2, 0.25) is 5.02 Å². The van der Waals surface area contributed by atoms with E-state index in [0.29, 0.717) is 23.4 Å². The highest BCUT2D eigenvalue weighted by molar-refractivity contribution is 6.35. The molecule has 30 heavy (non-hydrogen) atoms. The SMILES string of the molecule is COC[C@H]1CCCN1c1nc2c(Cl)cccc2cc1[C@H](C)Nc1nc(C)nc(N)n1. The van der Waals surface area contributed by atoms with E-state index >= 15 is 0 Å². The van der Waals surface area contributed by atoms with Gasteiger partial charge in [0.2, 0.25) is 11.9 Å². The molecule has 3 heterocycles. The molecule has 1 fully saturated rings. The molecule has 8 nitrogen and oxygen atoms in total. The number of ether oxygens (including phenoxy) is 1. The standard InChI is InChI=1S/C21H26ClN7O/c1-12(24-21-26-13(2)25-20(23)28-21)16-10-14-6-4-8-17(22)18(14)27-19(16)29-9-5-7-15(29)11-30-3/h4,6,8,10,12,15H,5,7,9,11H2,1-3H3,(H3,23,24,25,26,28)/t12-,15+/m0/s1. The summed E-state index contributed by atoms with van der Waals surface area (Å²) in [6.45, 7) is 5.44. The quantitative estimate of drug-likeness (QED) is 0.613. The Labute approximate surface area is 180 Å². The highest BCUT2D eigenvalue weighted by atomic mass is 35.5. The molecular weight excluding hydrogens is 402 g/mol. The number of nitrogens with two attached hydrogens (primary N) is 1. The van der Waals surface area contributed by atoms with Gasteiger partial charge in [-0.2, -0.15) is 15.0 Å². The Hall–Kier alpha value is -2.71. The molecule has 2 aromatic heterocycles. The largest absolute Gasteiger partial charge is 0.383 e. The zero-order chi connectivity index (χ0) is 21.3. The van der Waals surface area contributed by atoms with Crippen molar-refractivity contribution in [2.75, 3.05) is 36.2 Å². The van der Waals surface area contributed by atoms with Crippen molar-refractivity contribution in [1.29, 1.82) is 0 Å². The molecule has 0 radical (unpaired) electrons. The van der Waals surface area contributed by atoms with E-state index < -0.39 is 0 Å². The van der Waals surface area contributed by atoms with Gasteiger partial charge in [-0.25, -0.2) is 4.98 Å². The molecule has 4 rings (SSSR count). The molecule has 0 amide bonds. The van der Waals surface area contributed by atoms with Crippen molar-refractivity contribution in [2.24, 2.45) is 0 Å². The number of para-hydroxylation sites is 1. The summed E-state index contributed by atoms with van der Waals surface area (Å²) in [5, 5.41) is 4.99. The zero-order valence-electron chi connectivity index (χ0n) is 17.4. The van der Waals surface area contributed by atoms with Gasteiger partial charge in [0.15, 0.2) is 0 Å². The molecule has 158 valence electrons. The van der Waals surface area contributed by atoms with Gasteiger partial charge in [0.05, 0.1) is 29.2 Å². The molecule has 3 N–H and O–H groups in total. The summed E-state index contributed by atoms with van der Waals surface area (Å²) in [4.78, 5) is 20.0. The van der Waals surface area contributed by atoms with Gasteiger partial charge in [-0.1, -0.05) is 23.7 Å². The average Bonchev–Trinajstić information content (AvgIpc) is 3.15. The number of nitrogen functional groups attached to an aromatic ring is 1. The summed E-state index contributed by atoms with van der Waals surface area (Å²) in [7, 11) is 1.74. The number of rotatable bonds is 6. The van der Waals surface area contributed by atoms with E-state index in [1.165, 1.54) is 0 Å². The first-order chi connectivity index (χ1) is 14.5. The first kappa shape index (κ1) is 20.6. The molecule has 9 heteroatoms. The Morgan fingerprint density at radius 1 is 1.30 bits per heavy atom. The van der Waals surface area contributed by atoms with Crippen LogP contribution < -0.4 is 16.0 Å². The maximum atomic E-state index is 6.47. The number of methoxy groups -OCH3 is 1. The van der Waals surface area contributed by atoms with Gasteiger partial charge in [0, 0.05) is 24.6 Å². The lowest BCUT2D eigenvalue weighted by molar-refractivity contribution is 0.180. The number of halogens is 1. The average molecular weight is 428 g/mol. The number of aryl methyl sites for hydroxylation is 1. The van der Waals surface area contributed by atoms with Gasteiger partial charge < -0.3 is 20.7 Å². The number of hydrogen-bond acceptors (Lipinski definition) is 8. The molecule has 1 saturated heterocycles. The predicted octanol–water partition coefficient (Wildman–Crippen LogP) is 3.75. The molecule has 1 aromatic carbocycles. The molecule has 0 spiro atoms. The molecule has 1 aliphatic rings. The van der Waals surface area contributed by atoms with Crippen molar-refractivity contribution in [3.8, 4) is 0 Å². The van der Waals surface area contributed by atoms with E-state index in [2.05, 4.69) is 38.2 Å². The second-order valence-corrected chi connectivity index (χ2v) is 8.00. The van der Waals surface area contributed by atoms with Gasteiger partial charge >= 0.3 is 0 Å². The minimum atomic E-state index is -0.110.